The molecule has 0 fully saturated rings. The first kappa shape index (κ1) is 16.9. The Labute approximate surface area is 143 Å². The van der Waals surface area contributed by atoms with Crippen LogP contribution in [0.4, 0.5) is 0 Å². The zero-order chi connectivity index (χ0) is 16.1. The molecule has 0 saturated heterocycles. The van der Waals surface area contributed by atoms with Crippen LogP contribution in [0.15, 0.2) is 28.7 Å². The molecule has 22 heavy (non-hydrogen) atoms. The van der Waals surface area contributed by atoms with Crippen molar-refractivity contribution in [3.8, 4) is 0 Å². The van der Waals surface area contributed by atoms with Crippen molar-refractivity contribution >= 4 is 34.1 Å². The van der Waals surface area contributed by atoms with Crippen LogP contribution in [0.1, 0.15) is 37.7 Å². The second kappa shape index (κ2) is 7.69. The maximum Gasteiger partial charge on any atom is 0.240 e. The van der Waals surface area contributed by atoms with Crippen molar-refractivity contribution in [3.63, 3.8) is 0 Å². The van der Waals surface area contributed by atoms with Gasteiger partial charge < -0.3 is 5.32 Å². The maximum absolute atomic E-state index is 12.3. The molecule has 2 aromatic rings. The molecule has 1 aromatic heterocycles. The number of aromatic nitrogens is 3. The molecule has 2 N–H and O–H groups in total. The molecule has 1 atom stereocenters. The lowest BCUT2D eigenvalue weighted by Gasteiger charge is -2.16. The summed E-state index contributed by atoms with van der Waals surface area (Å²) >= 11 is 8.69. The van der Waals surface area contributed by atoms with Crippen molar-refractivity contribution in [1.82, 2.24) is 20.1 Å². The number of rotatable bonds is 6. The summed E-state index contributed by atoms with van der Waals surface area (Å²) in [6.07, 6.45) is 1.74. The van der Waals surface area contributed by atoms with E-state index in [4.69, 9.17) is 12.2 Å². The van der Waals surface area contributed by atoms with Crippen molar-refractivity contribution in [2.24, 2.45) is 0 Å². The molecular formula is C15H19BrN4OS. The van der Waals surface area contributed by atoms with E-state index in [0.717, 1.165) is 28.7 Å². The van der Waals surface area contributed by atoms with Gasteiger partial charge in [-0.15, -0.1) is 0 Å². The van der Waals surface area contributed by atoms with Crippen LogP contribution in [-0.4, -0.2) is 20.7 Å². The smallest absolute Gasteiger partial charge is 0.240 e. The zero-order valence-corrected chi connectivity index (χ0v) is 15.0. The van der Waals surface area contributed by atoms with Crippen LogP contribution >= 0.6 is 28.1 Å². The van der Waals surface area contributed by atoms with Gasteiger partial charge in [0.15, 0.2) is 4.77 Å². The van der Waals surface area contributed by atoms with Gasteiger partial charge in [0.25, 0.3) is 0 Å². The molecule has 0 bridgehead atoms. The fourth-order valence-corrected chi connectivity index (χ4v) is 3.11. The Morgan fingerprint density at radius 2 is 2.23 bits per heavy atom. The number of H-pyrrole nitrogens is 1. The van der Waals surface area contributed by atoms with Gasteiger partial charge >= 0.3 is 0 Å². The number of amides is 1. The van der Waals surface area contributed by atoms with Gasteiger partial charge in [-0.05, 0) is 37.2 Å². The van der Waals surface area contributed by atoms with Gasteiger partial charge in [0.2, 0.25) is 5.91 Å². The molecular weight excluding hydrogens is 364 g/mol. The molecule has 2 rings (SSSR count). The molecule has 5 nitrogen and oxygen atoms in total. The highest BCUT2D eigenvalue weighted by Gasteiger charge is 2.14. The van der Waals surface area contributed by atoms with Crippen LogP contribution in [0.25, 0.3) is 0 Å². The number of benzene rings is 1. The third-order valence-corrected chi connectivity index (χ3v) is 4.40. The second-order valence-electron chi connectivity index (χ2n) is 5.09. The molecule has 1 aromatic carbocycles. The van der Waals surface area contributed by atoms with Gasteiger partial charge in [-0.2, -0.15) is 5.10 Å². The lowest BCUT2D eigenvalue weighted by molar-refractivity contribution is -0.122. The average Bonchev–Trinajstić information content (AvgIpc) is 2.81. The second-order valence-corrected chi connectivity index (χ2v) is 6.33. The number of aryl methyl sites for hydroxylation is 1. The van der Waals surface area contributed by atoms with Crippen LogP contribution in [0.2, 0.25) is 0 Å². The Morgan fingerprint density at radius 3 is 2.91 bits per heavy atom. The Morgan fingerprint density at radius 1 is 1.50 bits per heavy atom. The average molecular weight is 383 g/mol. The van der Waals surface area contributed by atoms with Gasteiger partial charge in [0, 0.05) is 10.9 Å². The summed E-state index contributed by atoms with van der Waals surface area (Å²) in [5, 5.41) is 9.91. The van der Waals surface area contributed by atoms with Gasteiger partial charge in [-0.25, -0.2) is 0 Å². The van der Waals surface area contributed by atoms with Crippen molar-refractivity contribution in [2.75, 3.05) is 0 Å². The summed E-state index contributed by atoms with van der Waals surface area (Å²) in [4.78, 5) is 12.3. The van der Waals surface area contributed by atoms with E-state index >= 15 is 0 Å². The van der Waals surface area contributed by atoms with E-state index in [2.05, 4.69) is 38.4 Å². The number of nitrogens with one attached hydrogen (secondary N) is 2. The van der Waals surface area contributed by atoms with E-state index < -0.39 is 0 Å². The number of hydrogen-bond acceptors (Lipinski definition) is 3. The third-order valence-electron chi connectivity index (χ3n) is 3.36. The summed E-state index contributed by atoms with van der Waals surface area (Å²) < 4.78 is 3.21. The minimum absolute atomic E-state index is 0.0845. The molecule has 0 aliphatic rings. The largest absolute Gasteiger partial charge is 0.348 e. The van der Waals surface area contributed by atoms with E-state index in [1.807, 2.05) is 31.2 Å². The molecule has 1 unspecified atom stereocenters. The minimum Gasteiger partial charge on any atom is -0.348 e. The molecule has 0 saturated carbocycles. The van der Waals surface area contributed by atoms with Gasteiger partial charge in [0.1, 0.15) is 12.4 Å². The highest BCUT2D eigenvalue weighted by molar-refractivity contribution is 9.10. The SMILES string of the molecule is CCCc1n[nH]c(=S)n1CC(=O)NC(C)c1ccccc1Br. The van der Waals surface area contributed by atoms with E-state index in [0.29, 0.717) is 4.77 Å². The normalized spacial score (nSPS) is 12.1. The molecule has 1 heterocycles. The first-order valence-electron chi connectivity index (χ1n) is 7.20. The number of aromatic amines is 1. The minimum atomic E-state index is -0.0851. The molecule has 0 spiro atoms. The number of carbonyl (C=O) groups is 1. The lowest BCUT2D eigenvalue weighted by Crippen LogP contribution is -2.30. The van der Waals surface area contributed by atoms with Crippen molar-refractivity contribution in [3.05, 3.63) is 44.9 Å². The molecule has 118 valence electrons. The van der Waals surface area contributed by atoms with Crippen molar-refractivity contribution in [1.29, 1.82) is 0 Å². The molecule has 7 heteroatoms. The van der Waals surface area contributed by atoms with E-state index in [9.17, 15) is 4.79 Å². The van der Waals surface area contributed by atoms with Crippen LogP contribution in [0, 0.1) is 4.77 Å². The predicted molar refractivity (Wildman–Crippen MR) is 92.1 cm³/mol. The number of carbonyl (C=O) groups excluding carboxylic acids is 1. The quantitative estimate of drug-likeness (QED) is 0.751. The van der Waals surface area contributed by atoms with Crippen LogP contribution in [0.5, 0.6) is 0 Å². The van der Waals surface area contributed by atoms with Gasteiger partial charge in [-0.3, -0.25) is 14.5 Å². The first-order valence-corrected chi connectivity index (χ1v) is 8.41. The summed E-state index contributed by atoms with van der Waals surface area (Å²) in [6.45, 7) is 4.20. The van der Waals surface area contributed by atoms with Gasteiger partial charge in [-0.1, -0.05) is 41.1 Å². The molecule has 0 radical (unpaired) electrons. The van der Waals surface area contributed by atoms with Crippen LogP contribution < -0.4 is 5.32 Å². The molecule has 0 aliphatic heterocycles. The van der Waals surface area contributed by atoms with E-state index in [-0.39, 0.29) is 18.5 Å². The van der Waals surface area contributed by atoms with Crippen molar-refractivity contribution < 1.29 is 4.79 Å². The Balaban J connectivity index is 2.06. The summed E-state index contributed by atoms with van der Waals surface area (Å²) in [7, 11) is 0. The summed E-state index contributed by atoms with van der Waals surface area (Å²) in [5.41, 5.74) is 1.04. The highest BCUT2D eigenvalue weighted by atomic mass is 79.9. The van der Waals surface area contributed by atoms with E-state index in [1.165, 1.54) is 0 Å². The standard InChI is InChI=1S/C15H19BrN4OS/c1-3-6-13-18-19-15(22)20(13)9-14(21)17-10(2)11-7-4-5-8-12(11)16/h4-5,7-8,10H,3,6,9H2,1-2H3,(H,17,21)(H,19,22). The van der Waals surface area contributed by atoms with Crippen LogP contribution in [-0.2, 0) is 17.8 Å². The summed E-state index contributed by atoms with van der Waals surface area (Å²) in [6, 6.07) is 7.77. The Bertz CT molecular complexity index is 710. The Hall–Kier alpha value is -1.47. The lowest BCUT2D eigenvalue weighted by atomic mass is 10.1. The molecule has 1 amide bonds. The predicted octanol–water partition coefficient (Wildman–Crippen LogP) is 3.53. The third kappa shape index (κ3) is 4.04. The Kier molecular flexibility index (Phi) is 5.90. The zero-order valence-electron chi connectivity index (χ0n) is 12.6. The number of hydrogen-bond donors (Lipinski definition) is 2. The number of nitrogens with zero attached hydrogens (tertiary/aromatic N) is 2. The fraction of sp³-hybridized carbons (Fsp3) is 0.400. The van der Waals surface area contributed by atoms with Gasteiger partial charge in [0.05, 0.1) is 6.04 Å². The van der Waals surface area contributed by atoms with Crippen molar-refractivity contribution in [2.45, 2.75) is 39.3 Å². The van der Waals surface area contributed by atoms with Crippen LogP contribution in [0.3, 0.4) is 0 Å². The molecule has 0 aliphatic carbocycles. The monoisotopic (exact) mass is 382 g/mol. The first-order chi connectivity index (χ1) is 10.5. The maximum atomic E-state index is 12.3. The number of halogens is 1. The van der Waals surface area contributed by atoms with E-state index in [1.54, 1.807) is 4.57 Å². The summed E-state index contributed by atoms with van der Waals surface area (Å²) in [5.74, 6) is 0.731. The highest BCUT2D eigenvalue weighted by Crippen LogP contribution is 2.22. The topological polar surface area (TPSA) is 62.7 Å². The fourth-order valence-electron chi connectivity index (χ4n) is 2.26.